The number of ether oxygens (including phenoxy) is 1. The van der Waals surface area contributed by atoms with E-state index in [-0.39, 0.29) is 6.10 Å². The molecule has 1 aliphatic rings. The van der Waals surface area contributed by atoms with Gasteiger partial charge in [0.15, 0.2) is 5.82 Å². The number of nitrogens with one attached hydrogen (secondary N) is 1. The number of anilines is 1. The number of hydrogen-bond donors (Lipinski definition) is 2. The van der Waals surface area contributed by atoms with Crippen LogP contribution in [0, 0.1) is 6.92 Å². The van der Waals surface area contributed by atoms with Crippen LogP contribution in [-0.4, -0.2) is 44.9 Å². The highest BCUT2D eigenvalue weighted by Crippen LogP contribution is 2.34. The first kappa shape index (κ1) is 15.8. The predicted molar refractivity (Wildman–Crippen MR) is 88.1 cm³/mol. The van der Waals surface area contributed by atoms with Crippen molar-refractivity contribution in [3.63, 3.8) is 0 Å². The lowest BCUT2D eigenvalue weighted by Crippen LogP contribution is -2.52. The first-order chi connectivity index (χ1) is 11.1. The molecule has 122 valence electrons. The van der Waals surface area contributed by atoms with Gasteiger partial charge >= 0.3 is 0 Å². The third kappa shape index (κ3) is 3.83. The number of aromatic nitrogens is 3. The molecule has 0 aromatic carbocycles. The monoisotopic (exact) mass is 314 g/mol. The Morgan fingerprint density at radius 2 is 2.22 bits per heavy atom. The van der Waals surface area contributed by atoms with Gasteiger partial charge in [-0.25, -0.2) is 9.97 Å². The van der Waals surface area contributed by atoms with Gasteiger partial charge < -0.3 is 15.2 Å². The minimum atomic E-state index is -0.715. The fourth-order valence-electron chi connectivity index (χ4n) is 2.82. The summed E-state index contributed by atoms with van der Waals surface area (Å²) in [6.45, 7) is 5.04. The topological polar surface area (TPSA) is 80.2 Å². The molecule has 0 aliphatic heterocycles. The number of pyridine rings is 1. The van der Waals surface area contributed by atoms with Crippen LogP contribution >= 0.6 is 0 Å². The van der Waals surface area contributed by atoms with E-state index in [2.05, 4.69) is 20.3 Å². The Morgan fingerprint density at radius 1 is 1.39 bits per heavy atom. The number of aliphatic hydroxyl groups is 1. The number of aryl methyl sites for hydroxylation is 1. The van der Waals surface area contributed by atoms with Crippen molar-refractivity contribution in [1.82, 2.24) is 15.0 Å². The van der Waals surface area contributed by atoms with Gasteiger partial charge in [0, 0.05) is 55.7 Å². The summed E-state index contributed by atoms with van der Waals surface area (Å²) in [5.74, 6) is 1.35. The number of rotatable bonds is 6. The van der Waals surface area contributed by atoms with Gasteiger partial charge in [0.1, 0.15) is 5.82 Å². The molecule has 2 aromatic heterocycles. The van der Waals surface area contributed by atoms with Crippen molar-refractivity contribution >= 4 is 5.82 Å². The average molecular weight is 314 g/mol. The third-order valence-corrected chi connectivity index (χ3v) is 3.99. The second kappa shape index (κ2) is 6.60. The van der Waals surface area contributed by atoms with Crippen LogP contribution in [0.4, 0.5) is 5.82 Å². The molecule has 6 heteroatoms. The van der Waals surface area contributed by atoms with Crippen molar-refractivity contribution in [3.05, 3.63) is 36.3 Å². The summed E-state index contributed by atoms with van der Waals surface area (Å²) in [7, 11) is 0. The van der Waals surface area contributed by atoms with E-state index in [0.717, 1.165) is 11.3 Å². The minimum Gasteiger partial charge on any atom is -0.388 e. The van der Waals surface area contributed by atoms with E-state index in [9.17, 15) is 5.11 Å². The maximum Gasteiger partial charge on any atom is 0.163 e. The lowest BCUT2D eigenvalue weighted by molar-refractivity contribution is -0.129. The Kier molecular flexibility index (Phi) is 4.54. The minimum absolute atomic E-state index is 0.171. The lowest BCUT2D eigenvalue weighted by atomic mass is 9.77. The molecular formula is C17H22N4O2. The summed E-state index contributed by atoms with van der Waals surface area (Å²) in [6, 6.07) is 5.67. The van der Waals surface area contributed by atoms with Crippen LogP contribution in [0.15, 0.2) is 30.6 Å². The molecule has 2 aromatic rings. The number of hydrogen-bond acceptors (Lipinski definition) is 6. The zero-order chi connectivity index (χ0) is 16.3. The van der Waals surface area contributed by atoms with E-state index in [1.54, 1.807) is 12.4 Å². The van der Waals surface area contributed by atoms with Crippen molar-refractivity contribution in [2.45, 2.75) is 38.4 Å². The SMILES string of the molecule is CCOC1CC(O)(CNc2cc(C)nc(-c3cccnc3)n2)C1. The molecule has 0 saturated heterocycles. The zero-order valence-corrected chi connectivity index (χ0v) is 13.5. The molecule has 3 rings (SSSR count). The Morgan fingerprint density at radius 3 is 2.91 bits per heavy atom. The molecule has 0 radical (unpaired) electrons. The smallest absolute Gasteiger partial charge is 0.163 e. The molecular weight excluding hydrogens is 292 g/mol. The van der Waals surface area contributed by atoms with Gasteiger partial charge in [-0.05, 0) is 26.0 Å². The Bertz CT molecular complexity index is 657. The Labute approximate surface area is 136 Å². The normalized spacial score (nSPS) is 23.3. The molecule has 23 heavy (non-hydrogen) atoms. The molecule has 0 amide bonds. The van der Waals surface area contributed by atoms with E-state index in [4.69, 9.17) is 4.74 Å². The molecule has 2 heterocycles. The van der Waals surface area contributed by atoms with Crippen molar-refractivity contribution in [1.29, 1.82) is 0 Å². The summed E-state index contributed by atoms with van der Waals surface area (Å²) < 4.78 is 5.50. The van der Waals surface area contributed by atoms with Crippen molar-refractivity contribution < 1.29 is 9.84 Å². The Balaban J connectivity index is 1.66. The van der Waals surface area contributed by atoms with E-state index >= 15 is 0 Å². The maximum absolute atomic E-state index is 10.4. The molecule has 0 spiro atoms. The van der Waals surface area contributed by atoms with Crippen LogP contribution in [0.5, 0.6) is 0 Å². The second-order valence-corrected chi connectivity index (χ2v) is 6.02. The van der Waals surface area contributed by atoms with E-state index < -0.39 is 5.60 Å². The van der Waals surface area contributed by atoms with Crippen LogP contribution in [0.1, 0.15) is 25.5 Å². The summed E-state index contributed by atoms with van der Waals surface area (Å²) >= 11 is 0. The maximum atomic E-state index is 10.4. The first-order valence-corrected chi connectivity index (χ1v) is 7.92. The highest BCUT2D eigenvalue weighted by atomic mass is 16.5. The van der Waals surface area contributed by atoms with Crippen molar-refractivity contribution in [3.8, 4) is 11.4 Å². The first-order valence-electron chi connectivity index (χ1n) is 7.92. The third-order valence-electron chi connectivity index (χ3n) is 3.99. The highest BCUT2D eigenvalue weighted by Gasteiger charge is 2.43. The summed E-state index contributed by atoms with van der Waals surface area (Å²) in [5.41, 5.74) is 1.03. The molecule has 1 aliphatic carbocycles. The van der Waals surface area contributed by atoms with Crippen LogP contribution in [-0.2, 0) is 4.74 Å². The molecule has 2 N–H and O–H groups in total. The van der Waals surface area contributed by atoms with E-state index in [1.165, 1.54) is 0 Å². The Hall–Kier alpha value is -2.05. The zero-order valence-electron chi connectivity index (χ0n) is 13.5. The standard InChI is InChI=1S/C17H22N4O2/c1-3-23-14-8-17(22,9-14)11-19-15-7-12(2)20-16(21-15)13-5-4-6-18-10-13/h4-7,10,14,22H,3,8-9,11H2,1-2H3,(H,19,20,21). The fraction of sp³-hybridized carbons (Fsp3) is 0.471. The van der Waals surface area contributed by atoms with Crippen LogP contribution < -0.4 is 5.32 Å². The van der Waals surface area contributed by atoms with Gasteiger partial charge in [-0.2, -0.15) is 0 Å². The van der Waals surface area contributed by atoms with Gasteiger partial charge in [-0.1, -0.05) is 0 Å². The van der Waals surface area contributed by atoms with Gasteiger partial charge in [0.2, 0.25) is 0 Å². The molecule has 0 unspecified atom stereocenters. The fourth-order valence-corrected chi connectivity index (χ4v) is 2.82. The van der Waals surface area contributed by atoms with Crippen LogP contribution in [0.25, 0.3) is 11.4 Å². The van der Waals surface area contributed by atoms with E-state index in [0.29, 0.717) is 37.6 Å². The van der Waals surface area contributed by atoms with Crippen molar-refractivity contribution in [2.24, 2.45) is 0 Å². The predicted octanol–water partition coefficient (Wildman–Crippen LogP) is 2.19. The van der Waals surface area contributed by atoms with Gasteiger partial charge in [-0.3, -0.25) is 4.98 Å². The van der Waals surface area contributed by atoms with Gasteiger partial charge in [0.25, 0.3) is 0 Å². The summed E-state index contributed by atoms with van der Waals surface area (Å²) in [5, 5.41) is 13.7. The van der Waals surface area contributed by atoms with Gasteiger partial charge in [-0.15, -0.1) is 0 Å². The molecule has 0 bridgehead atoms. The summed E-state index contributed by atoms with van der Waals surface area (Å²) in [6.07, 6.45) is 4.95. The lowest BCUT2D eigenvalue weighted by Gasteiger charge is -2.43. The molecule has 6 nitrogen and oxygen atoms in total. The molecule has 1 saturated carbocycles. The average Bonchev–Trinajstić information content (AvgIpc) is 2.52. The van der Waals surface area contributed by atoms with Crippen molar-refractivity contribution in [2.75, 3.05) is 18.5 Å². The van der Waals surface area contributed by atoms with E-state index in [1.807, 2.05) is 32.0 Å². The quantitative estimate of drug-likeness (QED) is 0.851. The highest BCUT2D eigenvalue weighted by molar-refractivity contribution is 5.56. The van der Waals surface area contributed by atoms with Crippen LogP contribution in [0.3, 0.4) is 0 Å². The number of nitrogens with zero attached hydrogens (tertiary/aromatic N) is 3. The summed E-state index contributed by atoms with van der Waals surface area (Å²) in [4.78, 5) is 13.1. The molecule has 1 fully saturated rings. The van der Waals surface area contributed by atoms with Gasteiger partial charge in [0.05, 0.1) is 11.7 Å². The largest absolute Gasteiger partial charge is 0.388 e. The molecule has 0 atom stereocenters. The van der Waals surface area contributed by atoms with Crippen LogP contribution in [0.2, 0.25) is 0 Å². The second-order valence-electron chi connectivity index (χ2n) is 6.02.